The van der Waals surface area contributed by atoms with Gasteiger partial charge in [-0.15, -0.1) is 11.3 Å². The maximum atomic E-state index is 13.2. The third-order valence-corrected chi connectivity index (χ3v) is 5.12. The average molecular weight is 377 g/mol. The Morgan fingerprint density at radius 1 is 1.15 bits per heavy atom. The lowest BCUT2D eigenvalue weighted by molar-refractivity contribution is 0.0787. The van der Waals surface area contributed by atoms with Gasteiger partial charge in [-0.2, -0.15) is 5.10 Å². The van der Waals surface area contributed by atoms with Crippen LogP contribution in [0.5, 0.6) is 0 Å². The highest BCUT2D eigenvalue weighted by Gasteiger charge is 2.23. The molecule has 0 spiro atoms. The Balaban J connectivity index is 1.73. The molecule has 0 aliphatic rings. The van der Waals surface area contributed by atoms with Gasteiger partial charge >= 0.3 is 0 Å². The lowest BCUT2D eigenvalue weighted by atomic mass is 10.2. The Morgan fingerprint density at radius 3 is 2.63 bits per heavy atom. The minimum Gasteiger partial charge on any atom is -0.460 e. The second-order valence-corrected chi connectivity index (χ2v) is 7.35. The number of hydrogen-bond acceptors (Lipinski definition) is 4. The summed E-state index contributed by atoms with van der Waals surface area (Å²) in [6.07, 6.45) is 1.77. The summed E-state index contributed by atoms with van der Waals surface area (Å²) in [6.45, 7) is 2.44. The topological polar surface area (TPSA) is 51.3 Å². The van der Waals surface area contributed by atoms with Gasteiger partial charge in [-0.3, -0.25) is 4.79 Å². The van der Waals surface area contributed by atoms with Crippen molar-refractivity contribution in [3.63, 3.8) is 0 Å². The normalized spacial score (nSPS) is 10.9. The third kappa shape index (κ3) is 3.57. The quantitative estimate of drug-likeness (QED) is 0.503. The Labute approximate surface area is 161 Å². The van der Waals surface area contributed by atoms with Gasteiger partial charge in [-0.1, -0.05) is 24.3 Å². The van der Waals surface area contributed by atoms with E-state index in [0.717, 1.165) is 16.3 Å². The van der Waals surface area contributed by atoms with Crippen LogP contribution in [0.2, 0.25) is 0 Å². The van der Waals surface area contributed by atoms with Crippen molar-refractivity contribution in [2.45, 2.75) is 13.5 Å². The zero-order chi connectivity index (χ0) is 18.8. The number of benzene rings is 1. The summed E-state index contributed by atoms with van der Waals surface area (Å²) in [5.41, 5.74) is 1.96. The van der Waals surface area contributed by atoms with E-state index in [1.165, 1.54) is 0 Å². The Morgan fingerprint density at radius 2 is 1.96 bits per heavy atom. The van der Waals surface area contributed by atoms with Crippen molar-refractivity contribution in [2.75, 3.05) is 7.05 Å². The molecule has 1 amide bonds. The van der Waals surface area contributed by atoms with Crippen LogP contribution in [0.3, 0.4) is 0 Å². The number of aromatic nitrogens is 2. The van der Waals surface area contributed by atoms with Crippen molar-refractivity contribution < 1.29 is 9.21 Å². The summed E-state index contributed by atoms with van der Waals surface area (Å²) in [6, 6.07) is 17.5. The van der Waals surface area contributed by atoms with Crippen molar-refractivity contribution in [3.05, 3.63) is 82.4 Å². The van der Waals surface area contributed by atoms with Gasteiger partial charge in [0.1, 0.15) is 11.5 Å². The first-order chi connectivity index (χ1) is 13.1. The van der Waals surface area contributed by atoms with Gasteiger partial charge in [0.2, 0.25) is 0 Å². The first-order valence-electron chi connectivity index (χ1n) is 8.61. The molecule has 136 valence electrons. The van der Waals surface area contributed by atoms with E-state index in [1.807, 2.05) is 66.9 Å². The number of para-hydroxylation sites is 1. The summed E-state index contributed by atoms with van der Waals surface area (Å²) >= 11 is 1.64. The summed E-state index contributed by atoms with van der Waals surface area (Å²) in [7, 11) is 1.80. The van der Waals surface area contributed by atoms with E-state index in [2.05, 4.69) is 5.10 Å². The average Bonchev–Trinajstić information content (AvgIpc) is 3.42. The number of aryl methyl sites for hydroxylation is 1. The van der Waals surface area contributed by atoms with Gasteiger partial charge < -0.3 is 9.32 Å². The molecular formula is C21H19N3O2S. The fraction of sp³-hybridized carbons (Fsp3) is 0.143. The monoisotopic (exact) mass is 377 g/mol. The summed E-state index contributed by atoms with van der Waals surface area (Å²) in [5.74, 6) is 1.29. The predicted molar refractivity (Wildman–Crippen MR) is 106 cm³/mol. The van der Waals surface area contributed by atoms with Crippen molar-refractivity contribution in [1.29, 1.82) is 0 Å². The van der Waals surface area contributed by atoms with Crippen molar-refractivity contribution in [2.24, 2.45) is 0 Å². The van der Waals surface area contributed by atoms with Gasteiger partial charge in [0.15, 0.2) is 5.76 Å². The number of nitrogens with zero attached hydrogens (tertiary/aromatic N) is 3. The molecule has 5 nitrogen and oxygen atoms in total. The lowest BCUT2D eigenvalue weighted by Crippen LogP contribution is -2.26. The number of furan rings is 1. The fourth-order valence-corrected chi connectivity index (χ4v) is 3.66. The number of rotatable bonds is 5. The molecule has 3 heterocycles. The zero-order valence-corrected chi connectivity index (χ0v) is 15.9. The molecule has 0 unspecified atom stereocenters. The van der Waals surface area contributed by atoms with Crippen LogP contribution in [0, 0.1) is 6.92 Å². The molecule has 0 atom stereocenters. The first-order valence-corrected chi connectivity index (χ1v) is 9.49. The van der Waals surface area contributed by atoms with E-state index >= 15 is 0 Å². The molecular weight excluding hydrogens is 358 g/mol. The number of amides is 1. The Hall–Kier alpha value is -3.12. The van der Waals surface area contributed by atoms with Crippen LogP contribution < -0.4 is 0 Å². The molecule has 1 aromatic carbocycles. The third-order valence-electron chi connectivity index (χ3n) is 4.26. The van der Waals surface area contributed by atoms with E-state index in [-0.39, 0.29) is 5.91 Å². The second-order valence-electron chi connectivity index (χ2n) is 6.32. The van der Waals surface area contributed by atoms with Crippen LogP contribution in [-0.4, -0.2) is 27.6 Å². The van der Waals surface area contributed by atoms with Gasteiger partial charge in [0.25, 0.3) is 5.91 Å². The van der Waals surface area contributed by atoms with E-state index in [1.54, 1.807) is 34.2 Å². The largest absolute Gasteiger partial charge is 0.460 e. The first kappa shape index (κ1) is 17.3. The van der Waals surface area contributed by atoms with Gasteiger partial charge in [-0.05, 0) is 42.6 Å². The molecule has 27 heavy (non-hydrogen) atoms. The molecule has 0 fully saturated rings. The molecule has 0 saturated carbocycles. The SMILES string of the molecule is Cc1ccc(-c2nn(-c3ccccc3)cc2C(=O)N(C)Cc2cccs2)o1. The highest BCUT2D eigenvalue weighted by molar-refractivity contribution is 7.09. The zero-order valence-electron chi connectivity index (χ0n) is 15.1. The molecule has 4 aromatic rings. The minimum absolute atomic E-state index is 0.0883. The minimum atomic E-state index is -0.0883. The van der Waals surface area contributed by atoms with Crippen LogP contribution in [0.1, 0.15) is 21.0 Å². The van der Waals surface area contributed by atoms with Gasteiger partial charge in [-0.25, -0.2) is 4.68 Å². The standard InChI is InChI=1S/C21H19N3O2S/c1-15-10-11-19(26-15)20-18(14-24(22-20)16-7-4-3-5-8-16)21(25)23(2)13-17-9-6-12-27-17/h3-12,14H,13H2,1-2H3. The molecule has 0 aliphatic heterocycles. The van der Waals surface area contributed by atoms with Crippen LogP contribution in [-0.2, 0) is 6.54 Å². The molecule has 6 heteroatoms. The number of hydrogen-bond donors (Lipinski definition) is 0. The molecule has 3 aromatic heterocycles. The smallest absolute Gasteiger partial charge is 0.257 e. The second kappa shape index (κ2) is 7.25. The predicted octanol–water partition coefficient (Wildman–Crippen LogP) is 4.77. The van der Waals surface area contributed by atoms with Crippen LogP contribution in [0.4, 0.5) is 0 Å². The fourth-order valence-electron chi connectivity index (χ4n) is 2.90. The summed E-state index contributed by atoms with van der Waals surface area (Å²) in [4.78, 5) is 16.0. The molecule has 4 rings (SSSR count). The maximum Gasteiger partial charge on any atom is 0.257 e. The van der Waals surface area contributed by atoms with Crippen LogP contribution in [0.15, 0.2) is 70.6 Å². The van der Waals surface area contributed by atoms with E-state index < -0.39 is 0 Å². The molecule has 0 bridgehead atoms. The van der Waals surface area contributed by atoms with Crippen molar-refractivity contribution in [3.8, 4) is 17.1 Å². The summed E-state index contributed by atoms with van der Waals surface area (Å²) in [5, 5.41) is 6.65. The Bertz CT molecular complexity index is 1050. The van der Waals surface area contributed by atoms with E-state index in [9.17, 15) is 4.79 Å². The number of thiophene rings is 1. The number of carbonyl (C=O) groups is 1. The molecule has 0 aliphatic carbocycles. The van der Waals surface area contributed by atoms with E-state index in [0.29, 0.717) is 23.6 Å². The van der Waals surface area contributed by atoms with Crippen molar-refractivity contribution >= 4 is 17.2 Å². The summed E-state index contributed by atoms with van der Waals surface area (Å²) < 4.78 is 7.47. The maximum absolute atomic E-state index is 13.2. The highest BCUT2D eigenvalue weighted by atomic mass is 32.1. The van der Waals surface area contributed by atoms with Gasteiger partial charge in [0, 0.05) is 18.1 Å². The molecule has 0 N–H and O–H groups in total. The number of carbonyl (C=O) groups excluding carboxylic acids is 1. The molecule has 0 saturated heterocycles. The van der Waals surface area contributed by atoms with Crippen molar-refractivity contribution in [1.82, 2.24) is 14.7 Å². The van der Waals surface area contributed by atoms with Crippen LogP contribution >= 0.6 is 11.3 Å². The lowest BCUT2D eigenvalue weighted by Gasteiger charge is -2.15. The Kier molecular flexibility index (Phi) is 4.64. The highest BCUT2D eigenvalue weighted by Crippen LogP contribution is 2.27. The molecule has 0 radical (unpaired) electrons. The van der Waals surface area contributed by atoms with Gasteiger partial charge in [0.05, 0.1) is 17.8 Å². The van der Waals surface area contributed by atoms with Crippen LogP contribution in [0.25, 0.3) is 17.1 Å². The van der Waals surface area contributed by atoms with E-state index in [4.69, 9.17) is 4.42 Å².